The van der Waals surface area contributed by atoms with Gasteiger partial charge < -0.3 is 9.88 Å². The molecule has 1 aliphatic heterocycles. The highest BCUT2D eigenvalue weighted by Gasteiger charge is 2.15. The van der Waals surface area contributed by atoms with E-state index in [0.717, 1.165) is 24.6 Å². The highest BCUT2D eigenvalue weighted by molar-refractivity contribution is 7.03. The van der Waals surface area contributed by atoms with Crippen molar-refractivity contribution in [2.75, 3.05) is 6.54 Å². The Kier molecular flexibility index (Phi) is 4.00. The molecule has 8 heteroatoms. The fourth-order valence-corrected chi connectivity index (χ4v) is 2.81. The molecule has 0 saturated carbocycles. The molecule has 0 saturated heterocycles. The molecule has 1 aliphatic rings. The zero-order chi connectivity index (χ0) is 13.8. The lowest BCUT2D eigenvalue weighted by Gasteiger charge is -2.07. The van der Waals surface area contributed by atoms with E-state index in [1.807, 2.05) is 0 Å². The number of aromatic nitrogens is 5. The van der Waals surface area contributed by atoms with E-state index in [1.54, 1.807) is 5.38 Å². The Labute approximate surface area is 120 Å². The standard InChI is InChI=1S/C12H16N6OS/c19-12(9-8-20-17-14-9)13-6-5-11-16-15-10-4-2-1-3-7-18(10)11/h8H,1-7H2,(H,13,19). The van der Waals surface area contributed by atoms with Gasteiger partial charge in [0.05, 0.1) is 0 Å². The normalized spacial score (nSPS) is 14.6. The number of aryl methyl sites for hydroxylation is 1. The number of rotatable bonds is 4. The minimum Gasteiger partial charge on any atom is -0.350 e. The zero-order valence-corrected chi connectivity index (χ0v) is 11.9. The van der Waals surface area contributed by atoms with Gasteiger partial charge in [-0.15, -0.1) is 15.3 Å². The molecule has 2 aromatic heterocycles. The van der Waals surface area contributed by atoms with E-state index in [9.17, 15) is 4.79 Å². The third kappa shape index (κ3) is 2.84. The minimum absolute atomic E-state index is 0.186. The third-order valence-electron chi connectivity index (χ3n) is 3.41. The number of hydrogen-bond acceptors (Lipinski definition) is 6. The Bertz CT molecular complexity index is 579. The summed E-state index contributed by atoms with van der Waals surface area (Å²) >= 11 is 1.17. The predicted molar refractivity (Wildman–Crippen MR) is 73.5 cm³/mol. The number of nitrogens with one attached hydrogen (secondary N) is 1. The van der Waals surface area contributed by atoms with Gasteiger partial charge in [-0.05, 0) is 24.4 Å². The maximum absolute atomic E-state index is 11.7. The van der Waals surface area contributed by atoms with Crippen LogP contribution in [0.25, 0.3) is 0 Å². The summed E-state index contributed by atoms with van der Waals surface area (Å²) in [5, 5.41) is 16.7. The van der Waals surface area contributed by atoms with Crippen LogP contribution in [0, 0.1) is 0 Å². The predicted octanol–water partition coefficient (Wildman–Crippen LogP) is 0.828. The Morgan fingerprint density at radius 1 is 1.30 bits per heavy atom. The summed E-state index contributed by atoms with van der Waals surface area (Å²) in [6.45, 7) is 1.52. The Hall–Kier alpha value is -1.83. The van der Waals surface area contributed by atoms with Gasteiger partial charge in [0, 0.05) is 31.3 Å². The molecular weight excluding hydrogens is 276 g/mol. The topological polar surface area (TPSA) is 85.6 Å². The summed E-state index contributed by atoms with van der Waals surface area (Å²) in [6, 6.07) is 0. The van der Waals surface area contributed by atoms with Crippen LogP contribution in [0.1, 0.15) is 41.4 Å². The largest absolute Gasteiger partial charge is 0.350 e. The van der Waals surface area contributed by atoms with Gasteiger partial charge >= 0.3 is 0 Å². The molecule has 2 aromatic rings. The van der Waals surface area contributed by atoms with Gasteiger partial charge in [0.2, 0.25) is 0 Å². The molecule has 0 atom stereocenters. The van der Waals surface area contributed by atoms with Crippen LogP contribution in [0.2, 0.25) is 0 Å². The van der Waals surface area contributed by atoms with Crippen LogP contribution < -0.4 is 5.32 Å². The summed E-state index contributed by atoms with van der Waals surface area (Å²) < 4.78 is 5.87. The maximum atomic E-state index is 11.7. The van der Waals surface area contributed by atoms with Gasteiger partial charge in [0.25, 0.3) is 5.91 Å². The summed E-state index contributed by atoms with van der Waals surface area (Å²) in [5.41, 5.74) is 0.370. The van der Waals surface area contributed by atoms with Crippen LogP contribution in [-0.4, -0.2) is 36.8 Å². The zero-order valence-electron chi connectivity index (χ0n) is 11.1. The van der Waals surface area contributed by atoms with Gasteiger partial charge in [0.15, 0.2) is 5.69 Å². The second-order valence-corrected chi connectivity index (χ2v) is 5.40. The lowest BCUT2D eigenvalue weighted by atomic mass is 10.2. The number of fused-ring (bicyclic) bond motifs is 1. The number of nitrogens with zero attached hydrogens (tertiary/aromatic N) is 5. The molecule has 0 aliphatic carbocycles. The first-order chi connectivity index (χ1) is 9.84. The van der Waals surface area contributed by atoms with E-state index >= 15 is 0 Å². The van der Waals surface area contributed by atoms with Crippen LogP contribution in [-0.2, 0) is 19.4 Å². The van der Waals surface area contributed by atoms with E-state index < -0.39 is 0 Å². The SMILES string of the molecule is O=C(NCCc1nnc2n1CCCCC2)c1csnn1. The van der Waals surface area contributed by atoms with Gasteiger partial charge in [-0.25, -0.2) is 0 Å². The molecule has 0 spiro atoms. The number of amides is 1. The first kappa shape index (κ1) is 13.2. The highest BCUT2D eigenvalue weighted by Crippen LogP contribution is 2.14. The highest BCUT2D eigenvalue weighted by atomic mass is 32.1. The fourth-order valence-electron chi connectivity index (χ4n) is 2.37. The lowest BCUT2D eigenvalue weighted by Crippen LogP contribution is -2.26. The molecule has 1 amide bonds. The summed E-state index contributed by atoms with van der Waals surface area (Å²) in [7, 11) is 0. The van der Waals surface area contributed by atoms with Crippen molar-refractivity contribution < 1.29 is 4.79 Å². The lowest BCUT2D eigenvalue weighted by molar-refractivity contribution is 0.0949. The van der Waals surface area contributed by atoms with Crippen LogP contribution in [0.15, 0.2) is 5.38 Å². The maximum Gasteiger partial charge on any atom is 0.272 e. The molecule has 0 radical (unpaired) electrons. The van der Waals surface area contributed by atoms with E-state index in [1.165, 1.54) is 30.8 Å². The summed E-state index contributed by atoms with van der Waals surface area (Å²) in [4.78, 5) is 11.7. The van der Waals surface area contributed by atoms with Crippen molar-refractivity contribution in [3.05, 3.63) is 22.7 Å². The van der Waals surface area contributed by atoms with Crippen LogP contribution in [0.5, 0.6) is 0 Å². The van der Waals surface area contributed by atoms with Crippen molar-refractivity contribution in [1.82, 2.24) is 29.7 Å². The van der Waals surface area contributed by atoms with E-state index in [2.05, 4.69) is 29.7 Å². The number of carbonyl (C=O) groups excluding carboxylic acids is 1. The quantitative estimate of drug-likeness (QED) is 0.902. The van der Waals surface area contributed by atoms with Gasteiger partial charge in [-0.1, -0.05) is 10.9 Å². The van der Waals surface area contributed by atoms with E-state index in [0.29, 0.717) is 18.7 Å². The first-order valence-corrected chi connectivity index (χ1v) is 7.64. The van der Waals surface area contributed by atoms with Crippen LogP contribution in [0.3, 0.4) is 0 Å². The average Bonchev–Trinajstić information content (AvgIpc) is 3.05. The number of hydrogen-bond donors (Lipinski definition) is 1. The Balaban J connectivity index is 1.56. The van der Waals surface area contributed by atoms with Gasteiger partial charge in [-0.3, -0.25) is 4.79 Å². The third-order valence-corrected chi connectivity index (χ3v) is 3.92. The fraction of sp³-hybridized carbons (Fsp3) is 0.583. The van der Waals surface area contributed by atoms with Crippen molar-refractivity contribution in [2.45, 2.75) is 38.6 Å². The van der Waals surface area contributed by atoms with Crippen molar-refractivity contribution >= 4 is 17.4 Å². The van der Waals surface area contributed by atoms with Crippen molar-refractivity contribution in [3.8, 4) is 0 Å². The second kappa shape index (κ2) is 6.08. The molecule has 0 aromatic carbocycles. The van der Waals surface area contributed by atoms with E-state index in [4.69, 9.17) is 0 Å². The van der Waals surface area contributed by atoms with Crippen molar-refractivity contribution in [1.29, 1.82) is 0 Å². The first-order valence-electron chi connectivity index (χ1n) is 6.81. The number of carbonyl (C=O) groups is 1. The molecule has 1 N–H and O–H groups in total. The van der Waals surface area contributed by atoms with Gasteiger partial charge in [0.1, 0.15) is 11.6 Å². The molecule has 106 valence electrons. The van der Waals surface area contributed by atoms with Crippen LogP contribution in [0.4, 0.5) is 0 Å². The summed E-state index contributed by atoms with van der Waals surface area (Å²) in [6.07, 6.45) is 5.30. The van der Waals surface area contributed by atoms with Gasteiger partial charge in [-0.2, -0.15) is 0 Å². The average molecular weight is 292 g/mol. The van der Waals surface area contributed by atoms with E-state index in [-0.39, 0.29) is 5.91 Å². The molecule has 20 heavy (non-hydrogen) atoms. The summed E-state index contributed by atoms with van der Waals surface area (Å²) in [5.74, 6) is 1.85. The minimum atomic E-state index is -0.186. The van der Waals surface area contributed by atoms with Crippen molar-refractivity contribution in [2.24, 2.45) is 0 Å². The molecule has 3 heterocycles. The second-order valence-electron chi connectivity index (χ2n) is 4.79. The molecule has 0 fully saturated rings. The molecular formula is C12H16N6OS. The molecule has 0 unspecified atom stereocenters. The molecule has 7 nitrogen and oxygen atoms in total. The Morgan fingerprint density at radius 3 is 3.10 bits per heavy atom. The smallest absolute Gasteiger partial charge is 0.272 e. The molecule has 3 rings (SSSR count). The van der Waals surface area contributed by atoms with Crippen molar-refractivity contribution in [3.63, 3.8) is 0 Å². The van der Waals surface area contributed by atoms with Crippen LogP contribution >= 0.6 is 11.5 Å². The monoisotopic (exact) mass is 292 g/mol. The Morgan fingerprint density at radius 2 is 2.25 bits per heavy atom. The molecule has 0 bridgehead atoms.